The average molecular weight is 458 g/mol. The summed E-state index contributed by atoms with van der Waals surface area (Å²) in [6, 6.07) is 22.6. The third-order valence-corrected chi connectivity index (χ3v) is 6.37. The summed E-state index contributed by atoms with van der Waals surface area (Å²) in [5, 5.41) is 16.3. The zero-order chi connectivity index (χ0) is 23.6. The molecule has 0 radical (unpaired) electrons. The molecule has 3 N–H and O–H groups in total. The van der Waals surface area contributed by atoms with Gasteiger partial charge in [-0.05, 0) is 73.4 Å². The highest BCUT2D eigenvalue weighted by atomic mass is 14.9. The lowest BCUT2D eigenvalue weighted by atomic mass is 9.86. The molecule has 1 atom stereocenters. The molecule has 0 saturated heterocycles. The Kier molecular flexibility index (Phi) is 5.32. The van der Waals surface area contributed by atoms with E-state index in [-0.39, 0.29) is 5.92 Å². The minimum atomic E-state index is 0.0497. The number of benzene rings is 2. The number of aromatic nitrogens is 4. The Labute approximate surface area is 202 Å². The molecule has 5 aromatic rings. The number of aryl methyl sites for hydroxylation is 1. The molecule has 6 rings (SSSR count). The maximum Gasteiger partial charge on any atom is 0.138 e. The number of hydrogen-bond donors (Lipinski definition) is 3. The van der Waals surface area contributed by atoms with Gasteiger partial charge in [-0.1, -0.05) is 12.1 Å². The number of nitriles is 1. The Balaban J connectivity index is 1.27. The molecule has 7 heteroatoms. The highest BCUT2D eigenvalue weighted by Crippen LogP contribution is 2.32. The topological polar surface area (TPSA) is 102 Å². The van der Waals surface area contributed by atoms with E-state index >= 15 is 0 Å². The summed E-state index contributed by atoms with van der Waals surface area (Å²) in [4.78, 5) is 16.9. The molecule has 0 spiro atoms. The fourth-order valence-corrected chi connectivity index (χ4v) is 4.59. The van der Waals surface area contributed by atoms with Crippen molar-refractivity contribution in [1.82, 2.24) is 19.9 Å². The van der Waals surface area contributed by atoms with Gasteiger partial charge in [0.2, 0.25) is 0 Å². The van der Waals surface area contributed by atoms with E-state index in [1.165, 1.54) is 0 Å². The van der Waals surface area contributed by atoms with Crippen LogP contribution < -0.4 is 10.6 Å². The molecule has 170 valence electrons. The van der Waals surface area contributed by atoms with Crippen LogP contribution in [0.5, 0.6) is 0 Å². The SMILES string of the molecule is N#CC1CCc2nccc(Nc3ccc4nc(-c5cccc(Nc6ccncc6)c5)[nH]c4c3)c2C1. The number of imidazole rings is 1. The molecule has 0 aliphatic heterocycles. The zero-order valence-electron chi connectivity index (χ0n) is 19.0. The van der Waals surface area contributed by atoms with E-state index in [2.05, 4.69) is 43.8 Å². The minimum Gasteiger partial charge on any atom is -0.355 e. The monoisotopic (exact) mass is 457 g/mol. The summed E-state index contributed by atoms with van der Waals surface area (Å²) in [5.41, 5.74) is 9.04. The van der Waals surface area contributed by atoms with Gasteiger partial charge in [0.15, 0.2) is 0 Å². The molecule has 2 aromatic carbocycles. The van der Waals surface area contributed by atoms with E-state index < -0.39 is 0 Å². The van der Waals surface area contributed by atoms with Crippen LogP contribution in [0.4, 0.5) is 22.7 Å². The van der Waals surface area contributed by atoms with Gasteiger partial charge >= 0.3 is 0 Å². The maximum atomic E-state index is 9.39. The molecule has 1 aliphatic rings. The first-order valence-electron chi connectivity index (χ1n) is 11.7. The normalized spacial score (nSPS) is 14.8. The molecule has 0 bridgehead atoms. The number of nitrogens with one attached hydrogen (secondary N) is 3. The lowest BCUT2D eigenvalue weighted by Gasteiger charge is -2.22. The van der Waals surface area contributed by atoms with Crippen molar-refractivity contribution in [3.63, 3.8) is 0 Å². The van der Waals surface area contributed by atoms with Crippen molar-refractivity contribution in [3.8, 4) is 17.5 Å². The fourth-order valence-electron chi connectivity index (χ4n) is 4.59. The molecule has 0 fully saturated rings. The van der Waals surface area contributed by atoms with E-state index in [9.17, 15) is 5.26 Å². The van der Waals surface area contributed by atoms with Crippen LogP contribution in [0, 0.1) is 17.2 Å². The Morgan fingerprint density at radius 2 is 1.80 bits per heavy atom. The fraction of sp³-hybridized carbons (Fsp3) is 0.143. The average Bonchev–Trinajstić information content (AvgIpc) is 3.33. The third kappa shape index (κ3) is 4.30. The predicted octanol–water partition coefficient (Wildman–Crippen LogP) is 6.14. The highest BCUT2D eigenvalue weighted by molar-refractivity contribution is 5.84. The van der Waals surface area contributed by atoms with Crippen molar-refractivity contribution < 1.29 is 0 Å². The van der Waals surface area contributed by atoms with Crippen molar-refractivity contribution in [2.24, 2.45) is 5.92 Å². The van der Waals surface area contributed by atoms with Crippen LogP contribution in [-0.4, -0.2) is 19.9 Å². The minimum absolute atomic E-state index is 0.0497. The summed E-state index contributed by atoms with van der Waals surface area (Å²) in [6.07, 6.45) is 7.83. The van der Waals surface area contributed by atoms with Gasteiger partial charge in [-0.15, -0.1) is 0 Å². The summed E-state index contributed by atoms with van der Waals surface area (Å²) in [6.45, 7) is 0. The Morgan fingerprint density at radius 3 is 2.69 bits per heavy atom. The molecule has 35 heavy (non-hydrogen) atoms. The molecule has 7 nitrogen and oxygen atoms in total. The van der Waals surface area contributed by atoms with Crippen molar-refractivity contribution >= 4 is 33.8 Å². The first kappa shape index (κ1) is 20.9. The second-order valence-corrected chi connectivity index (χ2v) is 8.74. The number of nitrogens with zero attached hydrogens (tertiary/aromatic N) is 4. The summed E-state index contributed by atoms with van der Waals surface area (Å²) >= 11 is 0. The lowest BCUT2D eigenvalue weighted by Crippen LogP contribution is -2.15. The number of aromatic amines is 1. The molecule has 3 aromatic heterocycles. The molecular weight excluding hydrogens is 434 g/mol. The maximum absolute atomic E-state index is 9.39. The van der Waals surface area contributed by atoms with Crippen molar-refractivity contribution in [2.75, 3.05) is 10.6 Å². The van der Waals surface area contributed by atoms with Gasteiger partial charge in [0.1, 0.15) is 5.82 Å². The molecule has 0 amide bonds. The number of pyridine rings is 2. The summed E-state index contributed by atoms with van der Waals surface area (Å²) in [5.74, 6) is 0.863. The smallest absolute Gasteiger partial charge is 0.138 e. The van der Waals surface area contributed by atoms with Gasteiger partial charge in [0.25, 0.3) is 0 Å². The van der Waals surface area contributed by atoms with E-state index in [0.717, 1.165) is 75.7 Å². The van der Waals surface area contributed by atoms with Crippen molar-refractivity contribution in [2.45, 2.75) is 19.3 Å². The van der Waals surface area contributed by atoms with Crippen LogP contribution in [0.1, 0.15) is 17.7 Å². The number of hydrogen-bond acceptors (Lipinski definition) is 6. The van der Waals surface area contributed by atoms with Gasteiger partial charge in [-0.2, -0.15) is 5.26 Å². The van der Waals surface area contributed by atoms with Gasteiger partial charge in [0, 0.05) is 52.6 Å². The van der Waals surface area contributed by atoms with Gasteiger partial charge < -0.3 is 15.6 Å². The van der Waals surface area contributed by atoms with E-state index in [1.807, 2.05) is 54.7 Å². The van der Waals surface area contributed by atoms with Gasteiger partial charge in [0.05, 0.1) is 23.0 Å². The van der Waals surface area contributed by atoms with Crippen LogP contribution in [0.25, 0.3) is 22.4 Å². The first-order valence-corrected chi connectivity index (χ1v) is 11.7. The highest BCUT2D eigenvalue weighted by Gasteiger charge is 2.22. The second kappa shape index (κ2) is 8.92. The van der Waals surface area contributed by atoms with E-state index in [0.29, 0.717) is 0 Å². The van der Waals surface area contributed by atoms with E-state index in [4.69, 9.17) is 4.98 Å². The Bertz CT molecular complexity index is 1550. The van der Waals surface area contributed by atoms with Crippen molar-refractivity contribution in [1.29, 1.82) is 5.26 Å². The van der Waals surface area contributed by atoms with Crippen LogP contribution in [0.15, 0.2) is 79.3 Å². The third-order valence-electron chi connectivity index (χ3n) is 6.37. The number of anilines is 4. The lowest BCUT2D eigenvalue weighted by molar-refractivity contribution is 0.556. The molecule has 1 unspecified atom stereocenters. The standard InChI is InChI=1S/C28H23N7/c29-17-18-4-6-24-23(14-18)25(10-13-31-24)33-22-5-7-26-27(16-22)35-28(34-26)19-2-1-3-21(15-19)32-20-8-11-30-12-9-20/h1-3,5,7-13,15-16,18H,4,6,14H2,(H,30,32)(H,31,33)(H,34,35). The van der Waals surface area contributed by atoms with Crippen LogP contribution >= 0.6 is 0 Å². The summed E-state index contributed by atoms with van der Waals surface area (Å²) < 4.78 is 0. The van der Waals surface area contributed by atoms with Crippen LogP contribution in [-0.2, 0) is 12.8 Å². The molecular formula is C28H23N7. The van der Waals surface area contributed by atoms with Crippen LogP contribution in [0.3, 0.4) is 0 Å². The molecule has 1 aliphatic carbocycles. The summed E-state index contributed by atoms with van der Waals surface area (Å²) in [7, 11) is 0. The largest absolute Gasteiger partial charge is 0.355 e. The molecule has 3 heterocycles. The van der Waals surface area contributed by atoms with Crippen LogP contribution in [0.2, 0.25) is 0 Å². The Hall–Kier alpha value is -4.70. The van der Waals surface area contributed by atoms with E-state index in [1.54, 1.807) is 12.4 Å². The molecule has 0 saturated carbocycles. The van der Waals surface area contributed by atoms with Gasteiger partial charge in [-0.25, -0.2) is 4.98 Å². The Morgan fingerprint density at radius 1 is 0.914 bits per heavy atom. The number of H-pyrrole nitrogens is 1. The van der Waals surface area contributed by atoms with Gasteiger partial charge in [-0.3, -0.25) is 9.97 Å². The predicted molar refractivity (Wildman–Crippen MR) is 138 cm³/mol. The number of rotatable bonds is 5. The quantitative estimate of drug-likeness (QED) is 0.293. The zero-order valence-corrected chi connectivity index (χ0v) is 19.0. The first-order chi connectivity index (χ1) is 17.2. The second-order valence-electron chi connectivity index (χ2n) is 8.74. The number of fused-ring (bicyclic) bond motifs is 2. The van der Waals surface area contributed by atoms with Crippen molar-refractivity contribution in [3.05, 3.63) is 90.5 Å².